The summed E-state index contributed by atoms with van der Waals surface area (Å²) < 4.78 is 14.1. The third-order valence-electron chi connectivity index (χ3n) is 6.32. The van der Waals surface area contributed by atoms with E-state index < -0.39 is 0 Å². The highest BCUT2D eigenvalue weighted by atomic mass is 32.1. The van der Waals surface area contributed by atoms with Crippen LogP contribution in [-0.4, -0.2) is 57.4 Å². The Kier molecular flexibility index (Phi) is 6.19. The lowest BCUT2D eigenvalue weighted by atomic mass is 9.98. The Hall–Kier alpha value is -3.46. The number of carbonyl (C=O) groups excluding carboxylic acids is 3. The van der Waals surface area contributed by atoms with E-state index in [0.29, 0.717) is 41.2 Å². The second kappa shape index (κ2) is 9.42. The molecule has 34 heavy (non-hydrogen) atoms. The number of rotatable bonds is 6. The average molecular weight is 479 g/mol. The number of piperidine rings is 1. The number of imide groups is 1. The number of likely N-dealkylation sites (tertiary alicyclic amines) is 1. The number of carbonyl (C=O) groups is 3. The summed E-state index contributed by atoms with van der Waals surface area (Å²) in [5, 5.41) is 9.80. The number of halogens is 1. The van der Waals surface area contributed by atoms with Crippen LogP contribution in [0, 0.1) is 5.82 Å². The first kappa shape index (κ1) is 22.3. The maximum absolute atomic E-state index is 14.1. The molecule has 5 rings (SSSR count). The Morgan fingerprint density at radius 3 is 2.38 bits per heavy atom. The van der Waals surface area contributed by atoms with Gasteiger partial charge in [-0.3, -0.25) is 19.3 Å². The average Bonchev–Trinajstić information content (AvgIpc) is 3.44. The normalized spacial score (nSPS) is 17.9. The zero-order valence-electron chi connectivity index (χ0n) is 18.4. The molecule has 0 N–H and O–H groups in total. The number of hydrogen-bond donors (Lipinski definition) is 0. The molecule has 3 amide bonds. The molecule has 0 spiro atoms. The van der Waals surface area contributed by atoms with E-state index in [1.165, 1.54) is 22.3 Å². The number of nitrogens with zero attached hydrogens (tertiary/aromatic N) is 4. The van der Waals surface area contributed by atoms with Crippen molar-refractivity contribution in [1.29, 1.82) is 0 Å². The van der Waals surface area contributed by atoms with Crippen molar-refractivity contribution in [3.05, 3.63) is 70.5 Å². The van der Waals surface area contributed by atoms with Gasteiger partial charge in [0.1, 0.15) is 10.8 Å². The molecule has 9 heteroatoms. The number of hydrogen-bond acceptors (Lipinski definition) is 6. The van der Waals surface area contributed by atoms with E-state index in [0.717, 1.165) is 17.8 Å². The van der Waals surface area contributed by atoms with Crippen LogP contribution in [0.1, 0.15) is 57.3 Å². The SMILES string of the molecule is O=C(CCCN1C(=O)c2ccccc2C1=O)N1CCCC(c2nnc(-c3ccccc3F)s2)C1. The van der Waals surface area contributed by atoms with Crippen molar-refractivity contribution in [3.63, 3.8) is 0 Å². The molecule has 2 aliphatic heterocycles. The molecule has 1 unspecified atom stereocenters. The largest absolute Gasteiger partial charge is 0.342 e. The Balaban J connectivity index is 1.17. The van der Waals surface area contributed by atoms with Crippen LogP contribution in [-0.2, 0) is 4.79 Å². The monoisotopic (exact) mass is 478 g/mol. The number of fused-ring (bicyclic) bond motifs is 1. The van der Waals surface area contributed by atoms with Gasteiger partial charge in [0, 0.05) is 37.5 Å². The summed E-state index contributed by atoms with van der Waals surface area (Å²) in [6, 6.07) is 13.3. The Morgan fingerprint density at radius 1 is 1.00 bits per heavy atom. The molecule has 1 atom stereocenters. The van der Waals surface area contributed by atoms with Crippen molar-refractivity contribution < 1.29 is 18.8 Å². The van der Waals surface area contributed by atoms with Crippen molar-refractivity contribution in [2.24, 2.45) is 0 Å². The van der Waals surface area contributed by atoms with E-state index in [1.807, 2.05) is 4.90 Å². The molecule has 0 bridgehead atoms. The van der Waals surface area contributed by atoms with E-state index in [4.69, 9.17) is 0 Å². The molecule has 1 fully saturated rings. The van der Waals surface area contributed by atoms with Gasteiger partial charge in [0.2, 0.25) is 5.91 Å². The minimum atomic E-state index is -0.330. The smallest absolute Gasteiger partial charge is 0.261 e. The molecule has 0 saturated carbocycles. The second-order valence-electron chi connectivity index (χ2n) is 8.52. The van der Waals surface area contributed by atoms with Crippen molar-refractivity contribution >= 4 is 29.1 Å². The molecule has 2 aromatic carbocycles. The van der Waals surface area contributed by atoms with E-state index in [2.05, 4.69) is 10.2 Å². The summed E-state index contributed by atoms with van der Waals surface area (Å²) in [5.74, 6) is -0.864. The zero-order chi connectivity index (χ0) is 23.7. The Labute approximate surface area is 200 Å². The molecule has 174 valence electrons. The highest BCUT2D eigenvalue weighted by Crippen LogP contribution is 2.33. The third-order valence-corrected chi connectivity index (χ3v) is 7.44. The Morgan fingerprint density at radius 2 is 1.68 bits per heavy atom. The lowest BCUT2D eigenvalue weighted by Crippen LogP contribution is -2.39. The predicted octanol–water partition coefficient (Wildman–Crippen LogP) is 4.13. The van der Waals surface area contributed by atoms with Crippen molar-refractivity contribution in [2.75, 3.05) is 19.6 Å². The predicted molar refractivity (Wildman–Crippen MR) is 125 cm³/mol. The van der Waals surface area contributed by atoms with Crippen LogP contribution in [0.25, 0.3) is 10.6 Å². The van der Waals surface area contributed by atoms with E-state index >= 15 is 0 Å². The minimum Gasteiger partial charge on any atom is -0.342 e. The van der Waals surface area contributed by atoms with E-state index in [1.54, 1.807) is 42.5 Å². The summed E-state index contributed by atoms with van der Waals surface area (Å²) in [7, 11) is 0. The van der Waals surface area contributed by atoms with Gasteiger partial charge in [0.25, 0.3) is 11.8 Å². The van der Waals surface area contributed by atoms with Crippen molar-refractivity contribution in [3.8, 4) is 10.6 Å². The standard InChI is InChI=1S/C25H23FN4O3S/c26-20-11-4-3-10-19(20)23-28-27-22(34-23)16-7-5-13-29(15-16)21(31)12-6-14-30-24(32)17-8-1-2-9-18(17)25(30)33/h1-4,8-11,16H,5-7,12-15H2. The molecule has 0 aliphatic carbocycles. The molecule has 3 heterocycles. The van der Waals surface area contributed by atoms with E-state index in [-0.39, 0.29) is 42.4 Å². The molecular weight excluding hydrogens is 455 g/mol. The van der Waals surface area contributed by atoms with Crippen LogP contribution >= 0.6 is 11.3 Å². The highest BCUT2D eigenvalue weighted by molar-refractivity contribution is 7.14. The van der Waals surface area contributed by atoms with Crippen LogP contribution in [0.5, 0.6) is 0 Å². The molecule has 0 radical (unpaired) electrons. The van der Waals surface area contributed by atoms with Gasteiger partial charge in [-0.05, 0) is 43.5 Å². The fraction of sp³-hybridized carbons (Fsp3) is 0.320. The van der Waals surface area contributed by atoms with Crippen LogP contribution in [0.2, 0.25) is 0 Å². The van der Waals surface area contributed by atoms with Gasteiger partial charge < -0.3 is 4.90 Å². The fourth-order valence-electron chi connectivity index (χ4n) is 4.54. The molecule has 1 saturated heterocycles. The maximum Gasteiger partial charge on any atom is 0.261 e. The van der Waals surface area contributed by atoms with Crippen LogP contribution in [0.3, 0.4) is 0 Å². The van der Waals surface area contributed by atoms with Gasteiger partial charge in [-0.1, -0.05) is 35.6 Å². The van der Waals surface area contributed by atoms with Crippen LogP contribution in [0.4, 0.5) is 4.39 Å². The lowest BCUT2D eigenvalue weighted by Gasteiger charge is -2.31. The van der Waals surface area contributed by atoms with E-state index in [9.17, 15) is 18.8 Å². The first-order valence-corrected chi connectivity index (χ1v) is 12.2. The Bertz CT molecular complexity index is 1230. The van der Waals surface area contributed by atoms with Crippen LogP contribution in [0.15, 0.2) is 48.5 Å². The second-order valence-corrected chi connectivity index (χ2v) is 9.52. The quantitative estimate of drug-likeness (QED) is 0.498. The molecule has 1 aromatic heterocycles. The van der Waals surface area contributed by atoms with Gasteiger partial charge in [-0.2, -0.15) is 0 Å². The first-order valence-electron chi connectivity index (χ1n) is 11.3. The third kappa shape index (κ3) is 4.23. The van der Waals surface area contributed by atoms with Gasteiger partial charge in [-0.15, -0.1) is 10.2 Å². The zero-order valence-corrected chi connectivity index (χ0v) is 19.3. The van der Waals surface area contributed by atoms with Crippen molar-refractivity contribution in [2.45, 2.75) is 31.6 Å². The van der Waals surface area contributed by atoms with Gasteiger partial charge in [0.05, 0.1) is 11.1 Å². The summed E-state index contributed by atoms with van der Waals surface area (Å²) in [4.78, 5) is 40.9. The minimum absolute atomic E-state index is 0.000140. The topological polar surface area (TPSA) is 83.5 Å². The van der Waals surface area contributed by atoms with Gasteiger partial charge in [0.15, 0.2) is 5.01 Å². The summed E-state index contributed by atoms with van der Waals surface area (Å²) in [6.45, 7) is 1.43. The maximum atomic E-state index is 14.1. The van der Waals surface area contributed by atoms with Crippen molar-refractivity contribution in [1.82, 2.24) is 20.0 Å². The number of benzene rings is 2. The summed E-state index contributed by atoms with van der Waals surface area (Å²) >= 11 is 1.37. The molecule has 3 aromatic rings. The first-order chi connectivity index (χ1) is 16.5. The number of amides is 3. The van der Waals surface area contributed by atoms with Gasteiger partial charge in [-0.25, -0.2) is 4.39 Å². The van der Waals surface area contributed by atoms with Gasteiger partial charge >= 0.3 is 0 Å². The summed E-state index contributed by atoms with van der Waals surface area (Å²) in [5.41, 5.74) is 1.28. The molecule has 7 nitrogen and oxygen atoms in total. The molecule has 2 aliphatic rings. The summed E-state index contributed by atoms with van der Waals surface area (Å²) in [6.07, 6.45) is 2.42. The highest BCUT2D eigenvalue weighted by Gasteiger charge is 2.35. The lowest BCUT2D eigenvalue weighted by molar-refractivity contribution is -0.132. The van der Waals surface area contributed by atoms with Crippen LogP contribution < -0.4 is 0 Å². The molecular formula is C25H23FN4O3S. The number of aromatic nitrogens is 2. The fourth-order valence-corrected chi connectivity index (χ4v) is 5.53.